The summed E-state index contributed by atoms with van der Waals surface area (Å²) in [6, 6.07) is 3.46. The Morgan fingerprint density at radius 1 is 1.54 bits per heavy atom. The van der Waals surface area contributed by atoms with Crippen LogP contribution in [0, 0.1) is 0 Å². The smallest absolute Gasteiger partial charge is 0.255 e. The average molecular weight is 178 g/mol. The van der Waals surface area contributed by atoms with Crippen LogP contribution in [0.2, 0.25) is 0 Å². The second kappa shape index (κ2) is 2.73. The zero-order chi connectivity index (χ0) is 9.42. The van der Waals surface area contributed by atoms with Crippen LogP contribution in [0.1, 0.15) is 16.1 Å². The molecule has 0 aliphatic carbocycles. The van der Waals surface area contributed by atoms with Crippen LogP contribution in [0.15, 0.2) is 12.1 Å². The zero-order valence-electron chi connectivity index (χ0n) is 7.57. The molecule has 0 unspecified atom stereocenters. The van der Waals surface area contributed by atoms with E-state index in [4.69, 9.17) is 4.74 Å². The van der Waals surface area contributed by atoms with Gasteiger partial charge in [-0.25, -0.2) is 4.98 Å². The van der Waals surface area contributed by atoms with Crippen LogP contribution in [0.25, 0.3) is 0 Å². The van der Waals surface area contributed by atoms with Gasteiger partial charge in [0.05, 0.1) is 24.9 Å². The van der Waals surface area contributed by atoms with E-state index in [9.17, 15) is 4.79 Å². The van der Waals surface area contributed by atoms with E-state index in [-0.39, 0.29) is 5.91 Å². The number of carbonyl (C=O) groups is 1. The summed E-state index contributed by atoms with van der Waals surface area (Å²) in [6.07, 6.45) is 0. The van der Waals surface area contributed by atoms with Crippen LogP contribution < -0.4 is 4.74 Å². The maximum atomic E-state index is 11.4. The van der Waals surface area contributed by atoms with Gasteiger partial charge in [-0.3, -0.25) is 4.79 Å². The monoisotopic (exact) mass is 178 g/mol. The van der Waals surface area contributed by atoms with Crippen molar-refractivity contribution in [3.63, 3.8) is 0 Å². The number of fused-ring (bicyclic) bond motifs is 1. The van der Waals surface area contributed by atoms with Crippen LogP contribution in [0.3, 0.4) is 0 Å². The van der Waals surface area contributed by atoms with E-state index < -0.39 is 0 Å². The summed E-state index contributed by atoms with van der Waals surface area (Å²) in [4.78, 5) is 17.3. The van der Waals surface area contributed by atoms with Crippen LogP contribution >= 0.6 is 0 Å². The van der Waals surface area contributed by atoms with Crippen LogP contribution in [0.4, 0.5) is 0 Å². The van der Waals surface area contributed by atoms with Gasteiger partial charge in [0.2, 0.25) is 5.88 Å². The maximum Gasteiger partial charge on any atom is 0.255 e. The first-order valence-corrected chi connectivity index (χ1v) is 4.01. The minimum absolute atomic E-state index is 0.0325. The Morgan fingerprint density at radius 3 is 3.00 bits per heavy atom. The maximum absolute atomic E-state index is 11.4. The first-order valence-electron chi connectivity index (χ1n) is 4.01. The molecule has 0 N–H and O–H groups in total. The fraction of sp³-hybridized carbons (Fsp3) is 0.333. The van der Waals surface area contributed by atoms with Gasteiger partial charge < -0.3 is 9.64 Å². The number of methoxy groups -OCH3 is 1. The van der Waals surface area contributed by atoms with Crippen molar-refractivity contribution in [1.29, 1.82) is 0 Å². The Balaban J connectivity index is 2.46. The highest BCUT2D eigenvalue weighted by Crippen LogP contribution is 2.21. The lowest BCUT2D eigenvalue weighted by molar-refractivity contribution is 0.0816. The van der Waals surface area contributed by atoms with E-state index in [2.05, 4.69) is 4.98 Å². The predicted molar refractivity (Wildman–Crippen MR) is 46.6 cm³/mol. The number of nitrogens with zero attached hydrogens (tertiary/aromatic N) is 2. The molecule has 0 fully saturated rings. The van der Waals surface area contributed by atoms with Gasteiger partial charge in [0, 0.05) is 13.1 Å². The Hall–Kier alpha value is -1.58. The molecule has 13 heavy (non-hydrogen) atoms. The first-order chi connectivity index (χ1) is 6.22. The summed E-state index contributed by atoms with van der Waals surface area (Å²) >= 11 is 0. The molecule has 1 aliphatic heterocycles. The highest BCUT2D eigenvalue weighted by atomic mass is 16.5. The minimum atomic E-state index is 0.0325. The van der Waals surface area contributed by atoms with Crippen LogP contribution in [-0.4, -0.2) is 29.9 Å². The number of pyridine rings is 1. The number of ether oxygens (including phenoxy) is 1. The van der Waals surface area contributed by atoms with E-state index in [0.717, 1.165) is 5.69 Å². The minimum Gasteiger partial charge on any atom is -0.481 e. The molecule has 0 radical (unpaired) electrons. The molecule has 0 aromatic carbocycles. The Bertz CT molecular complexity index is 363. The van der Waals surface area contributed by atoms with Crippen molar-refractivity contribution in [2.45, 2.75) is 6.54 Å². The summed E-state index contributed by atoms with van der Waals surface area (Å²) in [5.41, 5.74) is 1.48. The van der Waals surface area contributed by atoms with Gasteiger partial charge >= 0.3 is 0 Å². The standard InChI is InChI=1S/C9H10N2O2/c1-11-5-7-6(9(11)12)3-4-8(10-7)13-2/h3-4H,5H2,1-2H3. The van der Waals surface area contributed by atoms with Gasteiger partial charge in [-0.1, -0.05) is 0 Å². The lowest BCUT2D eigenvalue weighted by atomic mass is 10.2. The van der Waals surface area contributed by atoms with Crippen molar-refractivity contribution >= 4 is 5.91 Å². The number of aromatic nitrogens is 1. The van der Waals surface area contributed by atoms with E-state index in [0.29, 0.717) is 18.0 Å². The lowest BCUT2D eigenvalue weighted by Crippen LogP contribution is -2.17. The van der Waals surface area contributed by atoms with E-state index in [1.807, 2.05) is 0 Å². The fourth-order valence-corrected chi connectivity index (χ4v) is 1.41. The molecular formula is C9H10N2O2. The summed E-state index contributed by atoms with van der Waals surface area (Å²) in [5.74, 6) is 0.590. The first kappa shape index (κ1) is 8.04. The molecule has 4 nitrogen and oxygen atoms in total. The molecule has 0 saturated heterocycles. The zero-order valence-corrected chi connectivity index (χ0v) is 7.57. The summed E-state index contributed by atoms with van der Waals surface area (Å²) < 4.78 is 4.97. The van der Waals surface area contributed by atoms with Gasteiger partial charge in [-0.05, 0) is 6.07 Å². The second-order valence-electron chi connectivity index (χ2n) is 3.01. The highest BCUT2D eigenvalue weighted by Gasteiger charge is 2.25. The van der Waals surface area contributed by atoms with Crippen molar-refractivity contribution in [3.05, 3.63) is 23.4 Å². The van der Waals surface area contributed by atoms with E-state index >= 15 is 0 Å². The lowest BCUT2D eigenvalue weighted by Gasteiger charge is -2.03. The molecule has 1 aromatic rings. The molecule has 1 amide bonds. The van der Waals surface area contributed by atoms with Crippen molar-refractivity contribution in [2.75, 3.05) is 14.2 Å². The fourth-order valence-electron chi connectivity index (χ4n) is 1.41. The molecule has 1 aromatic heterocycles. The molecule has 0 bridgehead atoms. The number of rotatable bonds is 1. The van der Waals surface area contributed by atoms with E-state index in [1.54, 1.807) is 31.2 Å². The van der Waals surface area contributed by atoms with Gasteiger partial charge in [0.25, 0.3) is 5.91 Å². The third-order valence-corrected chi connectivity index (χ3v) is 2.12. The Labute approximate surface area is 76.1 Å². The molecule has 0 spiro atoms. The third kappa shape index (κ3) is 1.14. The number of carbonyl (C=O) groups excluding carboxylic acids is 1. The van der Waals surface area contributed by atoms with Crippen molar-refractivity contribution < 1.29 is 9.53 Å². The highest BCUT2D eigenvalue weighted by molar-refractivity contribution is 5.97. The molecule has 68 valence electrons. The second-order valence-corrected chi connectivity index (χ2v) is 3.01. The predicted octanol–water partition coefficient (Wildman–Crippen LogP) is 0.676. The quantitative estimate of drug-likeness (QED) is 0.635. The van der Waals surface area contributed by atoms with E-state index in [1.165, 1.54) is 0 Å². The molecule has 2 heterocycles. The normalized spacial score (nSPS) is 14.6. The molecule has 4 heteroatoms. The molecule has 1 aliphatic rings. The number of amides is 1. The molecule has 0 saturated carbocycles. The third-order valence-electron chi connectivity index (χ3n) is 2.12. The summed E-state index contributed by atoms with van der Waals surface area (Å²) in [5, 5.41) is 0. The topological polar surface area (TPSA) is 42.4 Å². The summed E-state index contributed by atoms with van der Waals surface area (Å²) in [6.45, 7) is 0.575. The SMILES string of the molecule is COc1ccc2c(n1)CN(C)C2=O. The van der Waals surface area contributed by atoms with Crippen LogP contribution in [-0.2, 0) is 6.54 Å². The Kier molecular flexibility index (Phi) is 1.69. The average Bonchev–Trinajstić information content (AvgIpc) is 2.42. The Morgan fingerprint density at radius 2 is 2.31 bits per heavy atom. The van der Waals surface area contributed by atoms with Gasteiger partial charge in [-0.15, -0.1) is 0 Å². The molecule has 2 rings (SSSR count). The largest absolute Gasteiger partial charge is 0.481 e. The summed E-state index contributed by atoms with van der Waals surface area (Å²) in [7, 11) is 3.33. The van der Waals surface area contributed by atoms with Crippen LogP contribution in [0.5, 0.6) is 5.88 Å². The van der Waals surface area contributed by atoms with Gasteiger partial charge in [0.15, 0.2) is 0 Å². The number of hydrogen-bond acceptors (Lipinski definition) is 3. The molecule has 0 atom stereocenters. The van der Waals surface area contributed by atoms with Gasteiger partial charge in [0.1, 0.15) is 0 Å². The molecular weight excluding hydrogens is 168 g/mol. The van der Waals surface area contributed by atoms with Gasteiger partial charge in [-0.2, -0.15) is 0 Å². The van der Waals surface area contributed by atoms with Crippen molar-refractivity contribution in [1.82, 2.24) is 9.88 Å². The number of hydrogen-bond donors (Lipinski definition) is 0. The van der Waals surface area contributed by atoms with Crippen molar-refractivity contribution in [2.24, 2.45) is 0 Å². The van der Waals surface area contributed by atoms with Crippen molar-refractivity contribution in [3.8, 4) is 5.88 Å².